The van der Waals surface area contributed by atoms with Gasteiger partial charge in [0.05, 0.1) is 12.7 Å². The fraction of sp³-hybridized carbons (Fsp3) is 0.417. The number of fused-ring (bicyclic) bond motifs is 5. The minimum atomic E-state index is -0.494. The Labute approximate surface area is 190 Å². The highest BCUT2D eigenvalue weighted by Gasteiger charge is 2.37. The first-order chi connectivity index (χ1) is 15.8. The van der Waals surface area contributed by atoms with Crippen LogP contribution in [0.4, 0.5) is 5.69 Å². The number of benzene rings is 1. The average Bonchev–Trinajstić information content (AvgIpc) is 3.18. The van der Waals surface area contributed by atoms with E-state index in [1.54, 1.807) is 17.7 Å². The summed E-state index contributed by atoms with van der Waals surface area (Å²) in [6.45, 7) is 5.61. The van der Waals surface area contributed by atoms with E-state index in [0.29, 0.717) is 30.9 Å². The lowest BCUT2D eigenvalue weighted by atomic mass is 9.83. The van der Waals surface area contributed by atoms with Gasteiger partial charge >= 0.3 is 0 Å². The van der Waals surface area contributed by atoms with E-state index in [0.717, 1.165) is 23.0 Å². The van der Waals surface area contributed by atoms with Gasteiger partial charge in [0, 0.05) is 54.4 Å². The zero-order chi connectivity index (χ0) is 23.4. The molecule has 33 heavy (non-hydrogen) atoms. The van der Waals surface area contributed by atoms with Gasteiger partial charge < -0.3 is 29.2 Å². The summed E-state index contributed by atoms with van der Waals surface area (Å²) in [4.78, 5) is 28.3. The number of aromatic nitrogens is 2. The maximum Gasteiger partial charge on any atom is 0.275 e. The van der Waals surface area contributed by atoms with Crippen LogP contribution in [0.2, 0.25) is 0 Å². The van der Waals surface area contributed by atoms with Gasteiger partial charge in [-0.05, 0) is 56.5 Å². The van der Waals surface area contributed by atoms with Crippen molar-refractivity contribution in [3.8, 4) is 5.75 Å². The first-order valence-corrected chi connectivity index (χ1v) is 11.2. The molecule has 0 saturated carbocycles. The molecule has 3 aromatic rings. The zero-order valence-corrected chi connectivity index (χ0v) is 18.9. The summed E-state index contributed by atoms with van der Waals surface area (Å²) < 4.78 is 9.08. The number of nitrogens with zero attached hydrogens (tertiary/aromatic N) is 4. The number of piperidine rings is 1. The molecule has 2 aliphatic rings. The largest absolute Gasteiger partial charge is 0.733 e. The van der Waals surface area contributed by atoms with Gasteiger partial charge in [0.15, 0.2) is 0 Å². The standard InChI is InChI=1S/C24H27N4O5/c1-14(2)26-13-19(18-9-17(33-3)4-5-21(18)26)23(29)25-10-15-8-16(12-25)20-6-7-22(28(31)32)24(30)27(20)11-15/h4-7,9,13-16,31H,8,10-12H2,1-3H3/q-1/t15-,16?/m0/s1. The molecule has 2 aromatic heterocycles. The molecule has 1 saturated heterocycles. The van der Waals surface area contributed by atoms with Crippen molar-refractivity contribution in [1.82, 2.24) is 14.0 Å². The Bertz CT molecular complexity index is 1290. The number of likely N-dealkylation sites (tertiary alicyclic amines) is 1. The van der Waals surface area contributed by atoms with Crippen LogP contribution in [-0.2, 0) is 6.54 Å². The average molecular weight is 452 g/mol. The molecule has 1 amide bonds. The Morgan fingerprint density at radius 3 is 2.70 bits per heavy atom. The normalized spacial score (nSPS) is 19.6. The Morgan fingerprint density at radius 1 is 1.21 bits per heavy atom. The summed E-state index contributed by atoms with van der Waals surface area (Å²) in [7, 11) is 1.61. The smallest absolute Gasteiger partial charge is 0.275 e. The molecular formula is C24H27N4O5-. The number of rotatable bonds is 4. The van der Waals surface area contributed by atoms with Crippen molar-refractivity contribution in [2.24, 2.45) is 5.92 Å². The van der Waals surface area contributed by atoms with E-state index in [2.05, 4.69) is 18.4 Å². The predicted molar refractivity (Wildman–Crippen MR) is 124 cm³/mol. The molecule has 1 unspecified atom stereocenters. The molecule has 174 valence electrons. The fourth-order valence-electron chi connectivity index (χ4n) is 5.37. The highest BCUT2D eigenvalue weighted by molar-refractivity contribution is 6.07. The second-order valence-corrected chi connectivity index (χ2v) is 9.27. The summed E-state index contributed by atoms with van der Waals surface area (Å²) in [5, 5.41) is 21.0. The van der Waals surface area contributed by atoms with Gasteiger partial charge in [0.25, 0.3) is 11.5 Å². The second-order valence-electron chi connectivity index (χ2n) is 9.27. The van der Waals surface area contributed by atoms with Crippen LogP contribution >= 0.6 is 0 Å². The summed E-state index contributed by atoms with van der Waals surface area (Å²) >= 11 is 0. The van der Waals surface area contributed by atoms with Crippen LogP contribution in [0, 0.1) is 11.1 Å². The van der Waals surface area contributed by atoms with Crippen molar-refractivity contribution in [1.29, 1.82) is 0 Å². The van der Waals surface area contributed by atoms with Crippen molar-refractivity contribution in [3.05, 3.63) is 63.3 Å². The third-order valence-electron chi connectivity index (χ3n) is 6.90. The van der Waals surface area contributed by atoms with Crippen LogP contribution in [0.25, 0.3) is 10.9 Å². The summed E-state index contributed by atoms with van der Waals surface area (Å²) in [5.74, 6) is 0.764. The molecule has 0 aliphatic carbocycles. The summed E-state index contributed by atoms with van der Waals surface area (Å²) in [6, 6.07) is 9.05. The van der Waals surface area contributed by atoms with Crippen molar-refractivity contribution < 1.29 is 14.7 Å². The third kappa shape index (κ3) is 3.48. The third-order valence-corrected chi connectivity index (χ3v) is 6.90. The van der Waals surface area contributed by atoms with Gasteiger partial charge in [-0.15, -0.1) is 0 Å². The summed E-state index contributed by atoms with van der Waals surface area (Å²) in [6.07, 6.45) is 2.81. The van der Waals surface area contributed by atoms with Crippen LogP contribution in [0.15, 0.2) is 41.3 Å². The topological polar surface area (TPSA) is 103 Å². The van der Waals surface area contributed by atoms with E-state index in [4.69, 9.17) is 4.74 Å². The predicted octanol–water partition coefficient (Wildman–Crippen LogP) is 3.35. The molecule has 9 heteroatoms. The molecule has 2 aliphatic heterocycles. The molecule has 1 N–H and O–H groups in total. The zero-order valence-electron chi connectivity index (χ0n) is 18.9. The van der Waals surface area contributed by atoms with Crippen molar-refractivity contribution >= 4 is 22.5 Å². The van der Waals surface area contributed by atoms with E-state index in [1.165, 1.54) is 6.07 Å². The number of carbonyl (C=O) groups is 1. The Balaban J connectivity index is 1.50. The Kier molecular flexibility index (Phi) is 5.18. The van der Waals surface area contributed by atoms with Crippen molar-refractivity contribution in [2.45, 2.75) is 38.8 Å². The first kappa shape index (κ1) is 21.5. The molecule has 9 nitrogen and oxygen atoms in total. The van der Waals surface area contributed by atoms with E-state index < -0.39 is 5.56 Å². The number of carbonyl (C=O) groups excluding carboxylic acids is 1. The van der Waals surface area contributed by atoms with Crippen molar-refractivity contribution in [2.75, 3.05) is 25.4 Å². The van der Waals surface area contributed by atoms with Crippen LogP contribution in [-0.4, -0.2) is 45.3 Å². The lowest BCUT2D eigenvalue weighted by Crippen LogP contribution is -2.49. The maximum absolute atomic E-state index is 13.7. The van der Waals surface area contributed by atoms with E-state index in [9.17, 15) is 20.0 Å². The number of pyridine rings is 1. The van der Waals surface area contributed by atoms with E-state index in [-0.39, 0.29) is 34.7 Å². The van der Waals surface area contributed by atoms with E-state index >= 15 is 0 Å². The molecule has 0 radical (unpaired) electrons. The molecular weight excluding hydrogens is 424 g/mol. The SMILES string of the molecule is COc1ccc2c(c1)c(C(=O)N1CC3C[C@@H](C1)Cn1c3ccc(N([O-])O)c1=O)cn2C(C)C. The van der Waals surface area contributed by atoms with E-state index in [1.807, 2.05) is 29.3 Å². The highest BCUT2D eigenvalue weighted by Crippen LogP contribution is 2.37. The second kappa shape index (κ2) is 7.93. The van der Waals surface area contributed by atoms with Crippen LogP contribution in [0.5, 0.6) is 5.75 Å². The number of ether oxygens (including phenoxy) is 1. The Morgan fingerprint density at radius 2 is 2.00 bits per heavy atom. The minimum Gasteiger partial charge on any atom is -0.733 e. The Hall–Kier alpha value is -3.30. The van der Waals surface area contributed by atoms with Crippen LogP contribution in [0.3, 0.4) is 0 Å². The van der Waals surface area contributed by atoms with Crippen LogP contribution < -0.4 is 15.5 Å². The molecule has 1 aromatic carbocycles. The monoisotopic (exact) mass is 451 g/mol. The molecule has 0 spiro atoms. The van der Waals surface area contributed by atoms with Gasteiger partial charge in [-0.1, -0.05) is 0 Å². The van der Waals surface area contributed by atoms with Crippen molar-refractivity contribution in [3.63, 3.8) is 0 Å². The number of hydrogen-bond donors (Lipinski definition) is 1. The number of anilines is 1. The number of amides is 1. The van der Waals surface area contributed by atoms with Gasteiger partial charge in [-0.2, -0.15) is 0 Å². The van der Waals surface area contributed by atoms with Gasteiger partial charge in [0.2, 0.25) is 0 Å². The highest BCUT2D eigenvalue weighted by atomic mass is 16.8. The number of methoxy groups -OCH3 is 1. The number of hydrogen-bond acceptors (Lipinski definition) is 6. The quantitative estimate of drug-likeness (QED) is 0.611. The molecule has 2 bridgehead atoms. The fourth-order valence-corrected chi connectivity index (χ4v) is 5.37. The first-order valence-electron chi connectivity index (χ1n) is 11.2. The van der Waals surface area contributed by atoms with Gasteiger partial charge in [-0.3, -0.25) is 14.8 Å². The molecule has 2 atom stereocenters. The lowest BCUT2D eigenvalue weighted by Gasteiger charge is -2.43. The minimum absolute atomic E-state index is 0.00465. The maximum atomic E-state index is 13.7. The van der Waals surface area contributed by atoms with Crippen LogP contribution in [0.1, 0.15) is 48.3 Å². The lowest BCUT2D eigenvalue weighted by molar-refractivity contribution is 0.0596. The summed E-state index contributed by atoms with van der Waals surface area (Å²) in [5.41, 5.74) is 1.65. The molecule has 4 heterocycles. The molecule has 1 fully saturated rings. The van der Waals surface area contributed by atoms with Gasteiger partial charge in [0.1, 0.15) is 11.4 Å². The van der Waals surface area contributed by atoms with Gasteiger partial charge in [-0.25, -0.2) is 0 Å². The molecule has 5 rings (SSSR count).